The molecule has 0 amide bonds. The van der Waals surface area contributed by atoms with Gasteiger partial charge < -0.3 is 15.3 Å². The van der Waals surface area contributed by atoms with Crippen LogP contribution < -0.4 is 10.2 Å². The molecule has 0 bridgehead atoms. The van der Waals surface area contributed by atoms with Crippen molar-refractivity contribution >= 4 is 5.69 Å². The number of nitrogens with zero attached hydrogens (tertiary/aromatic N) is 2. The van der Waals surface area contributed by atoms with Gasteiger partial charge in [0, 0.05) is 49.7 Å². The zero-order valence-corrected chi connectivity index (χ0v) is 13.8. The van der Waals surface area contributed by atoms with Crippen molar-refractivity contribution in [2.24, 2.45) is 5.92 Å². The average molecular weight is 314 g/mol. The Labute approximate surface area is 137 Å². The summed E-state index contributed by atoms with van der Waals surface area (Å²) in [6.07, 6.45) is 4.05. The molecule has 1 aliphatic rings. The molecule has 0 aliphatic carbocycles. The Kier molecular flexibility index (Phi) is 5.31. The van der Waals surface area contributed by atoms with Crippen molar-refractivity contribution in [2.75, 3.05) is 24.6 Å². The molecule has 124 valence electrons. The van der Waals surface area contributed by atoms with Crippen LogP contribution in [0.25, 0.3) is 0 Å². The Morgan fingerprint density at radius 2 is 1.96 bits per heavy atom. The summed E-state index contributed by atoms with van der Waals surface area (Å²) in [6, 6.07) is 8.81. The van der Waals surface area contributed by atoms with Gasteiger partial charge in [-0.25, -0.2) is 0 Å². The molecular formula is C18H26N4O. The highest BCUT2D eigenvalue weighted by Crippen LogP contribution is 2.23. The van der Waals surface area contributed by atoms with E-state index >= 15 is 0 Å². The number of aromatic amines is 1. The number of hydrogen-bond acceptors (Lipinski definition) is 4. The first-order valence-electron chi connectivity index (χ1n) is 8.40. The van der Waals surface area contributed by atoms with E-state index in [0.717, 1.165) is 44.7 Å². The second-order valence-electron chi connectivity index (χ2n) is 6.40. The zero-order valence-electron chi connectivity index (χ0n) is 13.8. The number of hydrogen-bond donors (Lipinski definition) is 3. The normalized spacial score (nSPS) is 16.0. The van der Waals surface area contributed by atoms with Crippen molar-refractivity contribution in [3.05, 3.63) is 47.3 Å². The third kappa shape index (κ3) is 4.12. The summed E-state index contributed by atoms with van der Waals surface area (Å²) < 4.78 is 0. The highest BCUT2D eigenvalue weighted by molar-refractivity contribution is 5.48. The van der Waals surface area contributed by atoms with Gasteiger partial charge in [-0.05, 0) is 43.4 Å². The lowest BCUT2D eigenvalue weighted by molar-refractivity contribution is 0.203. The number of aliphatic hydroxyl groups is 1. The van der Waals surface area contributed by atoms with Crippen LogP contribution >= 0.6 is 0 Å². The Balaban J connectivity index is 1.48. The second kappa shape index (κ2) is 7.62. The van der Waals surface area contributed by atoms with Gasteiger partial charge >= 0.3 is 0 Å². The number of aromatic nitrogens is 2. The topological polar surface area (TPSA) is 64.2 Å². The molecule has 0 unspecified atom stereocenters. The van der Waals surface area contributed by atoms with E-state index < -0.39 is 0 Å². The van der Waals surface area contributed by atoms with Crippen LogP contribution in [0, 0.1) is 12.8 Å². The molecule has 0 radical (unpaired) electrons. The zero-order chi connectivity index (χ0) is 16.1. The van der Waals surface area contributed by atoms with Crippen molar-refractivity contribution in [1.29, 1.82) is 0 Å². The molecule has 0 atom stereocenters. The predicted molar refractivity (Wildman–Crippen MR) is 92.3 cm³/mol. The highest BCUT2D eigenvalue weighted by Gasteiger charge is 2.18. The van der Waals surface area contributed by atoms with Crippen molar-refractivity contribution in [1.82, 2.24) is 15.5 Å². The molecular weight excluding hydrogens is 288 g/mol. The molecule has 2 aromatic rings. The summed E-state index contributed by atoms with van der Waals surface area (Å²) in [5.74, 6) is 0.487. The van der Waals surface area contributed by atoms with Gasteiger partial charge in [0.15, 0.2) is 0 Å². The molecule has 0 spiro atoms. The second-order valence-corrected chi connectivity index (χ2v) is 6.40. The summed E-state index contributed by atoms with van der Waals surface area (Å²) in [4.78, 5) is 2.41. The summed E-state index contributed by atoms with van der Waals surface area (Å²) in [7, 11) is 0. The van der Waals surface area contributed by atoms with Gasteiger partial charge in [0.2, 0.25) is 0 Å². The van der Waals surface area contributed by atoms with Gasteiger partial charge in [-0.3, -0.25) is 5.10 Å². The van der Waals surface area contributed by atoms with Gasteiger partial charge in [0.25, 0.3) is 0 Å². The lowest BCUT2D eigenvalue weighted by Gasteiger charge is -2.33. The van der Waals surface area contributed by atoms with Crippen LogP contribution in [0.5, 0.6) is 0 Å². The molecule has 1 aromatic carbocycles. The van der Waals surface area contributed by atoms with E-state index in [9.17, 15) is 5.11 Å². The lowest BCUT2D eigenvalue weighted by Crippen LogP contribution is -2.34. The van der Waals surface area contributed by atoms with Crippen molar-refractivity contribution < 1.29 is 5.11 Å². The maximum Gasteiger partial charge on any atom is 0.0535 e. The van der Waals surface area contributed by atoms with Crippen LogP contribution in [0.3, 0.4) is 0 Å². The van der Waals surface area contributed by atoms with Crippen LogP contribution in [0.1, 0.15) is 29.7 Å². The molecule has 1 aliphatic heterocycles. The Hall–Kier alpha value is -1.85. The van der Waals surface area contributed by atoms with E-state index in [1.165, 1.54) is 16.8 Å². The number of aliphatic hydroxyl groups excluding tert-OH is 1. The molecule has 1 aromatic heterocycles. The summed E-state index contributed by atoms with van der Waals surface area (Å²) in [5.41, 5.74) is 4.92. The molecule has 3 rings (SSSR count). The third-order valence-corrected chi connectivity index (χ3v) is 4.75. The first-order chi connectivity index (χ1) is 11.3. The Morgan fingerprint density at radius 1 is 1.22 bits per heavy atom. The maximum absolute atomic E-state index is 9.22. The fourth-order valence-corrected chi connectivity index (χ4v) is 3.09. The Morgan fingerprint density at radius 3 is 2.57 bits per heavy atom. The van der Waals surface area contributed by atoms with E-state index in [1.54, 1.807) is 0 Å². The van der Waals surface area contributed by atoms with Gasteiger partial charge in [-0.1, -0.05) is 12.1 Å². The van der Waals surface area contributed by atoms with Crippen LogP contribution in [0.15, 0.2) is 30.5 Å². The van der Waals surface area contributed by atoms with Gasteiger partial charge in [-0.2, -0.15) is 5.10 Å². The summed E-state index contributed by atoms with van der Waals surface area (Å²) in [6.45, 7) is 6.15. The minimum Gasteiger partial charge on any atom is -0.396 e. The van der Waals surface area contributed by atoms with E-state index in [4.69, 9.17) is 0 Å². The monoisotopic (exact) mass is 314 g/mol. The van der Waals surface area contributed by atoms with Gasteiger partial charge in [0.1, 0.15) is 0 Å². The van der Waals surface area contributed by atoms with Crippen molar-refractivity contribution in [3.63, 3.8) is 0 Å². The molecule has 5 nitrogen and oxygen atoms in total. The van der Waals surface area contributed by atoms with Crippen LogP contribution in [-0.2, 0) is 13.1 Å². The molecule has 2 heterocycles. The highest BCUT2D eigenvalue weighted by atomic mass is 16.3. The third-order valence-electron chi connectivity index (χ3n) is 4.75. The lowest BCUT2D eigenvalue weighted by atomic mass is 9.97. The van der Waals surface area contributed by atoms with E-state index in [1.807, 2.05) is 13.1 Å². The van der Waals surface area contributed by atoms with E-state index in [-0.39, 0.29) is 0 Å². The number of rotatable bonds is 6. The van der Waals surface area contributed by atoms with E-state index in [0.29, 0.717) is 12.5 Å². The molecule has 1 fully saturated rings. The Bertz CT molecular complexity index is 600. The molecule has 5 heteroatoms. The molecule has 0 saturated carbocycles. The van der Waals surface area contributed by atoms with Crippen molar-refractivity contribution in [3.8, 4) is 0 Å². The summed E-state index contributed by atoms with van der Waals surface area (Å²) >= 11 is 0. The van der Waals surface area contributed by atoms with Crippen LogP contribution in [0.2, 0.25) is 0 Å². The largest absolute Gasteiger partial charge is 0.396 e. The van der Waals surface area contributed by atoms with Crippen LogP contribution in [0.4, 0.5) is 5.69 Å². The van der Waals surface area contributed by atoms with Crippen LogP contribution in [-0.4, -0.2) is 35.0 Å². The molecule has 1 saturated heterocycles. The number of aryl methyl sites for hydroxylation is 1. The number of piperidine rings is 1. The predicted octanol–water partition coefficient (Wildman–Crippen LogP) is 2.22. The average Bonchev–Trinajstić information content (AvgIpc) is 3.01. The fourth-order valence-electron chi connectivity index (χ4n) is 3.09. The first-order valence-corrected chi connectivity index (χ1v) is 8.40. The molecule has 3 N–H and O–H groups in total. The number of benzene rings is 1. The van der Waals surface area contributed by atoms with Crippen molar-refractivity contribution in [2.45, 2.75) is 32.9 Å². The summed E-state index contributed by atoms with van der Waals surface area (Å²) in [5, 5.41) is 19.7. The number of H-pyrrole nitrogens is 1. The van der Waals surface area contributed by atoms with Gasteiger partial charge in [0.05, 0.1) is 6.20 Å². The number of nitrogens with one attached hydrogen (secondary N) is 2. The fraction of sp³-hybridized carbons (Fsp3) is 0.500. The quantitative estimate of drug-likeness (QED) is 0.765. The first kappa shape index (κ1) is 16.0. The number of anilines is 1. The maximum atomic E-state index is 9.22. The minimum atomic E-state index is 0.328. The SMILES string of the molecule is Cc1[nH]ncc1CNCc1ccc(N2CCC(CO)CC2)cc1. The minimum absolute atomic E-state index is 0.328. The van der Waals surface area contributed by atoms with Gasteiger partial charge in [-0.15, -0.1) is 0 Å². The standard InChI is InChI=1S/C18H26N4O/c1-14-17(12-20-21-14)11-19-10-15-2-4-18(5-3-15)22-8-6-16(13-23)7-9-22/h2-5,12,16,19,23H,6-11,13H2,1H3,(H,20,21). The molecule has 23 heavy (non-hydrogen) atoms. The van der Waals surface area contributed by atoms with E-state index in [2.05, 4.69) is 44.7 Å². The smallest absolute Gasteiger partial charge is 0.0535 e.